The summed E-state index contributed by atoms with van der Waals surface area (Å²) in [7, 11) is 0. The van der Waals surface area contributed by atoms with Gasteiger partial charge in [0.05, 0.1) is 0 Å². The lowest BCUT2D eigenvalue weighted by atomic mass is 9.91. The lowest BCUT2D eigenvalue weighted by molar-refractivity contribution is -0.138. The molecule has 2 rings (SSSR count). The van der Waals surface area contributed by atoms with Crippen LogP contribution in [0.5, 0.6) is 0 Å². The van der Waals surface area contributed by atoms with Gasteiger partial charge in [-0.1, -0.05) is 6.07 Å². The zero-order valence-corrected chi connectivity index (χ0v) is 11.2. The van der Waals surface area contributed by atoms with Crippen molar-refractivity contribution in [2.75, 3.05) is 6.54 Å². The molecular weight excluding hydrogens is 287 g/mol. The molecule has 1 amide bonds. The van der Waals surface area contributed by atoms with E-state index < -0.39 is 30.7 Å². The monoisotopic (exact) mass is 303 g/mol. The summed E-state index contributed by atoms with van der Waals surface area (Å²) in [5.74, 6) is -0.845. The number of fused-ring (bicyclic) bond motifs is 1. The molecule has 0 bridgehead atoms. The molecule has 8 heteroatoms. The minimum absolute atomic E-state index is 0.209. The van der Waals surface area contributed by atoms with Crippen LogP contribution in [0.1, 0.15) is 30.1 Å². The highest BCUT2D eigenvalue weighted by Crippen LogP contribution is 2.26. The van der Waals surface area contributed by atoms with Crippen LogP contribution in [0.3, 0.4) is 0 Å². The molecule has 1 heterocycles. The van der Waals surface area contributed by atoms with Gasteiger partial charge in [0.1, 0.15) is 13.1 Å². The number of amides is 1. The second kappa shape index (κ2) is 5.88. The molecule has 0 aromatic carbocycles. The second-order valence-electron chi connectivity index (χ2n) is 5.05. The van der Waals surface area contributed by atoms with Crippen LogP contribution in [-0.4, -0.2) is 23.2 Å². The topological polar surface area (TPSA) is 77.1 Å². The van der Waals surface area contributed by atoms with Gasteiger partial charge in [-0.05, 0) is 24.8 Å². The highest BCUT2D eigenvalue weighted by atomic mass is 19.4. The van der Waals surface area contributed by atoms with Crippen molar-refractivity contribution in [3.05, 3.63) is 33.7 Å². The van der Waals surface area contributed by atoms with Crippen LogP contribution >= 0.6 is 0 Å². The molecule has 1 aromatic heterocycles. The number of halogens is 3. The summed E-state index contributed by atoms with van der Waals surface area (Å²) in [5, 5.41) is 1.76. The molecule has 1 aliphatic carbocycles. The van der Waals surface area contributed by atoms with Gasteiger partial charge in [0.25, 0.3) is 5.56 Å². The van der Waals surface area contributed by atoms with E-state index in [1.165, 1.54) is 10.6 Å². The Bertz CT molecular complexity index is 595. The van der Waals surface area contributed by atoms with Gasteiger partial charge in [-0.2, -0.15) is 13.2 Å². The summed E-state index contributed by atoms with van der Waals surface area (Å²) in [6.07, 6.45) is -2.32. The van der Waals surface area contributed by atoms with Crippen molar-refractivity contribution in [2.45, 2.75) is 38.0 Å². The lowest BCUT2D eigenvalue weighted by Gasteiger charge is -2.25. The number of nitrogens with zero attached hydrogens (tertiary/aromatic N) is 1. The minimum Gasteiger partial charge on any atom is -0.345 e. The van der Waals surface area contributed by atoms with Gasteiger partial charge < -0.3 is 15.6 Å². The number of carbonyl (C=O) groups is 1. The standard InChI is InChI=1S/C13H16F3N3O2/c14-13(15,16)7-18-11(20)6-19-10-3-1-2-9(17)8(10)4-5-12(19)21/h4-5,9H,1-3,6-7,17H2,(H,18,20). The van der Waals surface area contributed by atoms with Crippen molar-refractivity contribution < 1.29 is 18.0 Å². The summed E-state index contributed by atoms with van der Waals surface area (Å²) < 4.78 is 37.4. The predicted molar refractivity (Wildman–Crippen MR) is 69.6 cm³/mol. The lowest BCUT2D eigenvalue weighted by Crippen LogP contribution is -2.39. The first-order valence-electron chi connectivity index (χ1n) is 6.59. The Morgan fingerprint density at radius 2 is 2.14 bits per heavy atom. The third-order valence-electron chi connectivity index (χ3n) is 3.45. The number of nitrogens with two attached hydrogens (primary N) is 1. The highest BCUT2D eigenvalue weighted by molar-refractivity contribution is 5.75. The summed E-state index contributed by atoms with van der Waals surface area (Å²) in [6.45, 7) is -1.83. The maximum Gasteiger partial charge on any atom is 0.405 e. The van der Waals surface area contributed by atoms with Crippen molar-refractivity contribution in [2.24, 2.45) is 5.73 Å². The smallest absolute Gasteiger partial charge is 0.345 e. The molecular formula is C13H16F3N3O2. The Labute approximate surface area is 118 Å². The Hall–Kier alpha value is -1.83. The maximum absolute atomic E-state index is 12.1. The van der Waals surface area contributed by atoms with Crippen molar-refractivity contribution >= 4 is 5.91 Å². The molecule has 1 atom stereocenters. The van der Waals surface area contributed by atoms with Crippen LogP contribution in [0.2, 0.25) is 0 Å². The molecule has 0 radical (unpaired) electrons. The first kappa shape index (κ1) is 15.6. The largest absolute Gasteiger partial charge is 0.405 e. The Kier molecular flexibility index (Phi) is 4.36. The average molecular weight is 303 g/mol. The van der Waals surface area contributed by atoms with Crippen LogP contribution < -0.4 is 16.6 Å². The van der Waals surface area contributed by atoms with Gasteiger partial charge in [0, 0.05) is 17.8 Å². The van der Waals surface area contributed by atoms with Gasteiger partial charge in [-0.25, -0.2) is 0 Å². The van der Waals surface area contributed by atoms with Crippen LogP contribution in [0.25, 0.3) is 0 Å². The van der Waals surface area contributed by atoms with E-state index in [0.29, 0.717) is 12.1 Å². The molecule has 0 spiro atoms. The average Bonchev–Trinajstić information content (AvgIpc) is 2.39. The number of nitrogens with one attached hydrogen (secondary N) is 1. The third kappa shape index (κ3) is 3.84. The molecule has 0 saturated heterocycles. The van der Waals surface area contributed by atoms with E-state index >= 15 is 0 Å². The zero-order chi connectivity index (χ0) is 15.6. The first-order valence-corrected chi connectivity index (χ1v) is 6.59. The fourth-order valence-electron chi connectivity index (χ4n) is 2.47. The molecule has 0 saturated carbocycles. The predicted octanol–water partition coefficient (Wildman–Crippen LogP) is 0.863. The number of alkyl halides is 3. The van der Waals surface area contributed by atoms with Crippen LogP contribution in [0.15, 0.2) is 16.9 Å². The first-order chi connectivity index (χ1) is 9.78. The molecule has 1 aliphatic rings. The Morgan fingerprint density at radius 1 is 1.43 bits per heavy atom. The number of pyridine rings is 1. The molecule has 5 nitrogen and oxygen atoms in total. The Balaban J connectivity index is 2.18. The van der Waals surface area contributed by atoms with Crippen LogP contribution in [0, 0.1) is 0 Å². The molecule has 0 fully saturated rings. The van der Waals surface area contributed by atoms with Gasteiger partial charge >= 0.3 is 6.18 Å². The van der Waals surface area contributed by atoms with E-state index in [-0.39, 0.29) is 6.04 Å². The highest BCUT2D eigenvalue weighted by Gasteiger charge is 2.28. The van der Waals surface area contributed by atoms with Gasteiger partial charge in [-0.15, -0.1) is 0 Å². The summed E-state index contributed by atoms with van der Waals surface area (Å²) in [4.78, 5) is 23.4. The summed E-state index contributed by atoms with van der Waals surface area (Å²) in [6, 6.07) is 2.71. The SMILES string of the molecule is NC1CCCc2c1ccc(=O)n2CC(=O)NCC(F)(F)F. The second-order valence-corrected chi connectivity index (χ2v) is 5.05. The normalized spacial score (nSPS) is 18.2. The maximum atomic E-state index is 12.1. The van der Waals surface area contributed by atoms with Crippen molar-refractivity contribution in [3.8, 4) is 0 Å². The fraction of sp³-hybridized carbons (Fsp3) is 0.538. The zero-order valence-electron chi connectivity index (χ0n) is 11.2. The van der Waals surface area contributed by atoms with Crippen LogP contribution in [0.4, 0.5) is 13.2 Å². The Morgan fingerprint density at radius 3 is 2.81 bits per heavy atom. The van der Waals surface area contributed by atoms with Crippen molar-refractivity contribution in [1.82, 2.24) is 9.88 Å². The molecule has 1 aromatic rings. The van der Waals surface area contributed by atoms with E-state index in [9.17, 15) is 22.8 Å². The summed E-state index contributed by atoms with van der Waals surface area (Å²) >= 11 is 0. The van der Waals surface area contributed by atoms with E-state index in [2.05, 4.69) is 0 Å². The number of carbonyl (C=O) groups excluding carboxylic acids is 1. The van der Waals surface area contributed by atoms with Crippen molar-refractivity contribution in [3.63, 3.8) is 0 Å². The van der Waals surface area contributed by atoms with Gasteiger partial charge in [0.15, 0.2) is 0 Å². The van der Waals surface area contributed by atoms with Crippen molar-refractivity contribution in [1.29, 1.82) is 0 Å². The number of hydrogen-bond donors (Lipinski definition) is 2. The van der Waals surface area contributed by atoms with Gasteiger partial charge in [-0.3, -0.25) is 9.59 Å². The quantitative estimate of drug-likeness (QED) is 0.869. The molecule has 1 unspecified atom stereocenters. The van der Waals surface area contributed by atoms with Crippen LogP contribution in [-0.2, 0) is 17.8 Å². The van der Waals surface area contributed by atoms with E-state index in [1.807, 2.05) is 0 Å². The molecule has 3 N–H and O–H groups in total. The molecule has 0 aliphatic heterocycles. The molecule has 21 heavy (non-hydrogen) atoms. The van der Waals surface area contributed by atoms with E-state index in [0.717, 1.165) is 18.4 Å². The number of hydrogen-bond acceptors (Lipinski definition) is 3. The fourth-order valence-corrected chi connectivity index (χ4v) is 2.47. The van der Waals surface area contributed by atoms with E-state index in [1.54, 1.807) is 11.4 Å². The summed E-state index contributed by atoms with van der Waals surface area (Å²) in [5.41, 5.74) is 6.96. The number of aromatic nitrogens is 1. The van der Waals surface area contributed by atoms with E-state index in [4.69, 9.17) is 5.73 Å². The number of rotatable bonds is 3. The molecule has 116 valence electrons. The third-order valence-corrected chi connectivity index (χ3v) is 3.45. The van der Waals surface area contributed by atoms with Gasteiger partial charge in [0.2, 0.25) is 5.91 Å². The minimum atomic E-state index is -4.47.